The fraction of sp³-hybridized carbons (Fsp3) is 0.829. The van der Waals surface area contributed by atoms with Crippen molar-refractivity contribution in [1.82, 2.24) is 15.6 Å². The van der Waals surface area contributed by atoms with Gasteiger partial charge in [-0.25, -0.2) is 0 Å². The predicted octanol–water partition coefficient (Wildman–Crippen LogP) is 6.13. The largest absolute Gasteiger partial charge is 0.469 e. The summed E-state index contributed by atoms with van der Waals surface area (Å²) >= 11 is 0. The van der Waals surface area contributed by atoms with E-state index in [0.717, 1.165) is 38.2 Å². The van der Waals surface area contributed by atoms with Crippen molar-refractivity contribution in [2.45, 2.75) is 117 Å². The van der Waals surface area contributed by atoms with Crippen LogP contribution >= 0.6 is 0 Å². The van der Waals surface area contributed by atoms with E-state index in [-0.39, 0.29) is 12.1 Å². The molecule has 4 aliphatic carbocycles. The van der Waals surface area contributed by atoms with Crippen LogP contribution in [0, 0.1) is 46.3 Å². The number of aliphatic hydroxyl groups is 1. The normalized spacial score (nSPS) is 38.9. The van der Waals surface area contributed by atoms with E-state index in [0.29, 0.717) is 58.8 Å². The maximum absolute atomic E-state index is 11.8. The summed E-state index contributed by atoms with van der Waals surface area (Å²) in [5.41, 5.74) is 1.77. The molecule has 10 atom stereocenters. The number of nitrogens with zero attached hydrogens (tertiary/aromatic N) is 1. The van der Waals surface area contributed by atoms with Crippen LogP contribution in [0.2, 0.25) is 0 Å². The summed E-state index contributed by atoms with van der Waals surface area (Å²) < 4.78 is 4.92. The van der Waals surface area contributed by atoms with Gasteiger partial charge in [-0.2, -0.15) is 0 Å². The number of methoxy groups -OCH3 is 1. The van der Waals surface area contributed by atoms with E-state index < -0.39 is 0 Å². The molecule has 6 heteroatoms. The molecule has 230 valence electrons. The number of carbonyl (C=O) groups excluding carboxylic acids is 1. The van der Waals surface area contributed by atoms with E-state index in [1.165, 1.54) is 64.9 Å². The molecule has 4 aliphatic rings. The van der Waals surface area contributed by atoms with Crippen LogP contribution in [0.15, 0.2) is 24.4 Å². The number of aliphatic hydroxyl groups excluding tert-OH is 1. The van der Waals surface area contributed by atoms with Crippen molar-refractivity contribution in [3.05, 3.63) is 30.1 Å². The maximum atomic E-state index is 11.8. The highest BCUT2D eigenvalue weighted by atomic mass is 16.5. The summed E-state index contributed by atoms with van der Waals surface area (Å²) in [7, 11) is 1.49. The summed E-state index contributed by atoms with van der Waals surface area (Å²) in [5, 5.41) is 19.1. The molecule has 0 radical (unpaired) electrons. The molecule has 4 fully saturated rings. The number of esters is 1. The zero-order valence-electron chi connectivity index (χ0n) is 26.2. The maximum Gasteiger partial charge on any atom is 0.305 e. The molecule has 1 aromatic rings. The van der Waals surface area contributed by atoms with Gasteiger partial charge in [0.05, 0.1) is 18.9 Å². The minimum atomic E-state index is -0.157. The molecule has 0 spiro atoms. The molecule has 5 rings (SSSR count). The molecule has 0 aliphatic heterocycles. The number of ether oxygens (including phenoxy) is 1. The second-order valence-corrected chi connectivity index (χ2v) is 14.7. The van der Waals surface area contributed by atoms with Crippen molar-refractivity contribution >= 4 is 5.97 Å². The zero-order chi connectivity index (χ0) is 29.0. The topological polar surface area (TPSA) is 83.5 Å². The van der Waals surface area contributed by atoms with Gasteiger partial charge in [0.1, 0.15) is 0 Å². The molecule has 4 unspecified atom stereocenters. The third-order valence-electron chi connectivity index (χ3n) is 12.7. The summed E-state index contributed by atoms with van der Waals surface area (Å²) in [4.78, 5) is 16.2. The number of fused-ring (bicyclic) bond motifs is 5. The van der Waals surface area contributed by atoms with Crippen molar-refractivity contribution in [2.24, 2.45) is 46.3 Å². The van der Waals surface area contributed by atoms with Crippen molar-refractivity contribution in [2.75, 3.05) is 20.2 Å². The Hall–Kier alpha value is -1.50. The van der Waals surface area contributed by atoms with E-state index >= 15 is 0 Å². The Morgan fingerprint density at radius 2 is 1.85 bits per heavy atom. The van der Waals surface area contributed by atoms with Gasteiger partial charge >= 0.3 is 5.97 Å². The van der Waals surface area contributed by atoms with E-state index in [1.54, 1.807) is 0 Å². The summed E-state index contributed by atoms with van der Waals surface area (Å²) in [6.07, 6.45) is 15.4. The number of nitrogens with one attached hydrogen (secondary N) is 2. The fourth-order valence-electron chi connectivity index (χ4n) is 10.4. The minimum Gasteiger partial charge on any atom is -0.469 e. The first-order valence-electron chi connectivity index (χ1n) is 16.8. The molecular formula is C35H57N3O3. The lowest BCUT2D eigenvalue weighted by Gasteiger charge is -2.62. The van der Waals surface area contributed by atoms with Crippen LogP contribution in [-0.2, 0) is 16.1 Å². The van der Waals surface area contributed by atoms with E-state index in [9.17, 15) is 9.90 Å². The third-order valence-corrected chi connectivity index (χ3v) is 12.7. The van der Waals surface area contributed by atoms with Gasteiger partial charge in [0.2, 0.25) is 0 Å². The number of pyridine rings is 1. The first kappa shape index (κ1) is 30.9. The molecule has 1 aromatic heterocycles. The Kier molecular flexibility index (Phi) is 10.1. The van der Waals surface area contributed by atoms with E-state index in [1.807, 2.05) is 18.3 Å². The van der Waals surface area contributed by atoms with Crippen LogP contribution in [0.25, 0.3) is 0 Å². The lowest BCUT2D eigenvalue weighted by atomic mass is 9.43. The van der Waals surface area contributed by atoms with E-state index in [4.69, 9.17) is 4.74 Å². The first-order chi connectivity index (χ1) is 19.8. The summed E-state index contributed by atoms with van der Waals surface area (Å²) in [5.74, 6) is 3.47. The Bertz CT molecular complexity index is 990. The van der Waals surface area contributed by atoms with Gasteiger partial charge < -0.3 is 20.5 Å². The lowest BCUT2D eigenvalue weighted by molar-refractivity contribution is -0.167. The van der Waals surface area contributed by atoms with Crippen LogP contribution in [-0.4, -0.2) is 48.4 Å². The van der Waals surface area contributed by atoms with Gasteiger partial charge in [-0.05, 0) is 142 Å². The Labute approximate surface area is 249 Å². The molecule has 4 saturated carbocycles. The van der Waals surface area contributed by atoms with Crippen molar-refractivity contribution < 1.29 is 14.6 Å². The molecule has 0 bridgehead atoms. The highest BCUT2D eigenvalue weighted by Crippen LogP contribution is 2.68. The van der Waals surface area contributed by atoms with Crippen LogP contribution in [0.3, 0.4) is 0 Å². The van der Waals surface area contributed by atoms with Gasteiger partial charge in [0.15, 0.2) is 0 Å². The monoisotopic (exact) mass is 567 g/mol. The number of rotatable bonds is 12. The smallest absolute Gasteiger partial charge is 0.305 e. The molecule has 0 saturated heterocycles. The van der Waals surface area contributed by atoms with Crippen molar-refractivity contribution in [3.8, 4) is 0 Å². The molecular weight excluding hydrogens is 510 g/mol. The number of hydrogen-bond acceptors (Lipinski definition) is 6. The van der Waals surface area contributed by atoms with E-state index in [2.05, 4.69) is 42.5 Å². The highest BCUT2D eigenvalue weighted by Gasteiger charge is 2.62. The average molecular weight is 568 g/mol. The van der Waals surface area contributed by atoms with Crippen LogP contribution in [0.5, 0.6) is 0 Å². The molecule has 0 aromatic carbocycles. The highest BCUT2D eigenvalue weighted by molar-refractivity contribution is 5.69. The van der Waals surface area contributed by atoms with Crippen LogP contribution in [0.1, 0.15) is 104 Å². The van der Waals surface area contributed by atoms with Gasteiger partial charge in [-0.3, -0.25) is 9.78 Å². The van der Waals surface area contributed by atoms with Crippen molar-refractivity contribution in [3.63, 3.8) is 0 Å². The predicted molar refractivity (Wildman–Crippen MR) is 164 cm³/mol. The summed E-state index contributed by atoms with van der Waals surface area (Å²) in [6.45, 7) is 10.5. The van der Waals surface area contributed by atoms with Crippen molar-refractivity contribution in [1.29, 1.82) is 0 Å². The Balaban J connectivity index is 1.10. The van der Waals surface area contributed by atoms with Gasteiger partial charge in [0, 0.05) is 25.2 Å². The molecule has 3 N–H and O–H groups in total. The fourth-order valence-corrected chi connectivity index (χ4v) is 10.4. The number of hydrogen-bond donors (Lipinski definition) is 3. The quantitative estimate of drug-likeness (QED) is 0.208. The van der Waals surface area contributed by atoms with Crippen LogP contribution in [0.4, 0.5) is 0 Å². The Morgan fingerprint density at radius 3 is 2.63 bits per heavy atom. The van der Waals surface area contributed by atoms with Gasteiger partial charge in [-0.1, -0.05) is 26.8 Å². The number of aromatic nitrogens is 1. The first-order valence-corrected chi connectivity index (χ1v) is 16.8. The lowest BCUT2D eigenvalue weighted by Crippen LogP contribution is -2.59. The summed E-state index contributed by atoms with van der Waals surface area (Å²) in [6, 6.07) is 6.67. The molecule has 41 heavy (non-hydrogen) atoms. The third kappa shape index (κ3) is 6.55. The van der Waals surface area contributed by atoms with Gasteiger partial charge in [0.25, 0.3) is 0 Å². The van der Waals surface area contributed by atoms with Gasteiger partial charge in [-0.15, -0.1) is 0 Å². The number of carbonyl (C=O) groups is 1. The SMILES string of the molecule is COC(=O)CC[C@@H](C)C1CCC2C3C(CC[C@@]21C)[C@@]1(C)CC[C@H](NCCCCNCc2ccccn2)C[C@H]1C[C@H]3O. The standard InChI is InChI=1S/C35H57N3O3/c1-24(10-13-32(40)41-4)28-11-12-29-33-30(15-17-35(28,29)3)34(2)16-14-26(21-25(34)22-31(33)39)37-20-8-7-18-36-23-27-9-5-6-19-38-27/h5-6,9,19,24-26,28-31,33,36-37,39H,7-8,10-18,20-23H2,1-4H3/t24-,25+,26+,28?,29?,30?,31-,33?,34+,35-/m1/s1. The molecule has 0 amide bonds. The number of unbranched alkanes of at least 4 members (excludes halogenated alkanes) is 1. The van der Waals surface area contributed by atoms with Crippen LogP contribution < -0.4 is 10.6 Å². The Morgan fingerprint density at radius 1 is 1.07 bits per heavy atom. The second kappa shape index (κ2) is 13.4. The molecule has 1 heterocycles. The zero-order valence-corrected chi connectivity index (χ0v) is 26.2. The molecule has 6 nitrogen and oxygen atoms in total. The second-order valence-electron chi connectivity index (χ2n) is 14.7. The average Bonchev–Trinajstić information content (AvgIpc) is 3.33. The minimum absolute atomic E-state index is 0.0827.